The van der Waals surface area contributed by atoms with Crippen molar-refractivity contribution in [1.29, 1.82) is 0 Å². The minimum absolute atomic E-state index is 0.0164. The van der Waals surface area contributed by atoms with E-state index < -0.39 is 34.5 Å². The number of sulfonamides is 1. The minimum atomic E-state index is -3.86. The minimum Gasteiger partial charge on any atom is -0.452 e. The molecule has 1 heterocycles. The van der Waals surface area contributed by atoms with Gasteiger partial charge in [-0.2, -0.15) is 0 Å². The summed E-state index contributed by atoms with van der Waals surface area (Å²) in [4.78, 5) is 35.7. The van der Waals surface area contributed by atoms with Crippen LogP contribution in [-0.2, 0) is 19.6 Å². The van der Waals surface area contributed by atoms with Crippen LogP contribution in [0.4, 0.5) is 10.5 Å². The molecule has 0 aliphatic carbocycles. The number of thiophene rings is 1. The lowest BCUT2D eigenvalue weighted by Crippen LogP contribution is -2.42. The van der Waals surface area contributed by atoms with Crippen molar-refractivity contribution in [2.24, 2.45) is 5.92 Å². The Kier molecular flexibility index (Phi) is 8.36. The number of benzene rings is 1. The summed E-state index contributed by atoms with van der Waals surface area (Å²) in [6.07, 6.45) is 0.759. The van der Waals surface area contributed by atoms with Crippen LogP contribution in [0.15, 0.2) is 46.0 Å². The molecule has 0 saturated heterocycles. The Bertz CT molecular complexity index is 987. The molecule has 0 radical (unpaired) electrons. The van der Waals surface area contributed by atoms with Crippen molar-refractivity contribution in [3.8, 4) is 0 Å². The highest BCUT2D eigenvalue weighted by atomic mass is 32.2. The fourth-order valence-electron chi connectivity index (χ4n) is 2.25. The lowest BCUT2D eigenvalue weighted by Gasteiger charge is -2.12. The average Bonchev–Trinajstić information content (AvgIpc) is 3.22. The van der Waals surface area contributed by atoms with E-state index in [0.29, 0.717) is 12.5 Å². The first-order valence-corrected chi connectivity index (χ1v) is 11.5. The highest BCUT2D eigenvalue weighted by molar-refractivity contribution is 7.94. The van der Waals surface area contributed by atoms with Crippen LogP contribution in [0.3, 0.4) is 0 Å². The third-order valence-electron chi connectivity index (χ3n) is 3.75. The normalized spacial score (nSPS) is 11.0. The van der Waals surface area contributed by atoms with Crippen molar-refractivity contribution >= 4 is 45.0 Å². The van der Waals surface area contributed by atoms with Crippen LogP contribution >= 0.6 is 11.3 Å². The van der Waals surface area contributed by atoms with Crippen LogP contribution in [0, 0.1) is 5.92 Å². The molecule has 2 rings (SSSR count). The molecule has 0 atom stereocenters. The molecule has 2 aromatic rings. The second-order valence-electron chi connectivity index (χ2n) is 6.65. The van der Waals surface area contributed by atoms with Gasteiger partial charge in [0.25, 0.3) is 15.9 Å². The fraction of sp³-hybridized carbons (Fsp3) is 0.316. The number of carbonyl (C=O) groups is 3. The number of anilines is 1. The summed E-state index contributed by atoms with van der Waals surface area (Å²) in [5.74, 6) is -1.31. The van der Waals surface area contributed by atoms with Crippen molar-refractivity contribution in [3.05, 3.63) is 47.3 Å². The number of amides is 3. The average molecular weight is 454 g/mol. The smallest absolute Gasteiger partial charge is 0.340 e. The number of ether oxygens (including phenoxy) is 1. The molecule has 0 aliphatic rings. The van der Waals surface area contributed by atoms with E-state index in [1.54, 1.807) is 17.5 Å². The zero-order valence-electron chi connectivity index (χ0n) is 16.5. The molecule has 0 fully saturated rings. The predicted octanol–water partition coefficient (Wildman–Crippen LogP) is 2.58. The molecule has 0 aliphatic heterocycles. The molecule has 0 saturated carbocycles. The number of carbonyl (C=O) groups excluding carboxylic acids is 3. The van der Waals surface area contributed by atoms with Gasteiger partial charge >= 0.3 is 12.0 Å². The van der Waals surface area contributed by atoms with Crippen molar-refractivity contribution in [3.63, 3.8) is 0 Å². The molecule has 0 spiro atoms. The summed E-state index contributed by atoms with van der Waals surface area (Å²) in [6, 6.07) is 8.20. The van der Waals surface area contributed by atoms with E-state index in [2.05, 4.69) is 15.4 Å². The lowest BCUT2D eigenvalue weighted by molar-refractivity contribution is -0.123. The number of hydrogen-bond acceptors (Lipinski definition) is 7. The summed E-state index contributed by atoms with van der Waals surface area (Å²) >= 11 is 1.03. The summed E-state index contributed by atoms with van der Waals surface area (Å²) < 4.78 is 32.1. The molecule has 9 nitrogen and oxygen atoms in total. The van der Waals surface area contributed by atoms with Crippen molar-refractivity contribution in [2.45, 2.75) is 24.5 Å². The summed E-state index contributed by atoms with van der Waals surface area (Å²) in [7, 11) is -3.86. The van der Waals surface area contributed by atoms with Crippen LogP contribution in [-0.4, -0.2) is 39.5 Å². The largest absolute Gasteiger partial charge is 0.452 e. The molecule has 1 aromatic heterocycles. The molecule has 3 N–H and O–H groups in total. The van der Waals surface area contributed by atoms with E-state index in [0.717, 1.165) is 17.8 Å². The molecular formula is C19H23N3O6S2. The quantitative estimate of drug-likeness (QED) is 0.500. The van der Waals surface area contributed by atoms with E-state index in [1.165, 1.54) is 24.3 Å². The first-order chi connectivity index (χ1) is 14.2. The van der Waals surface area contributed by atoms with Crippen molar-refractivity contribution < 1.29 is 27.5 Å². The van der Waals surface area contributed by atoms with Crippen LogP contribution in [0.2, 0.25) is 0 Å². The van der Waals surface area contributed by atoms with E-state index >= 15 is 0 Å². The Labute approximate surface area is 178 Å². The van der Waals surface area contributed by atoms with E-state index in [4.69, 9.17) is 4.74 Å². The molecule has 3 amide bonds. The van der Waals surface area contributed by atoms with Gasteiger partial charge in [0, 0.05) is 6.54 Å². The van der Waals surface area contributed by atoms with Gasteiger partial charge in [-0.3, -0.25) is 14.8 Å². The Hall–Kier alpha value is -2.92. The summed E-state index contributed by atoms with van der Waals surface area (Å²) in [5, 5.41) is 6.20. The Morgan fingerprint density at radius 3 is 2.50 bits per heavy atom. The van der Waals surface area contributed by atoms with E-state index in [9.17, 15) is 22.8 Å². The maximum Gasteiger partial charge on any atom is 0.340 e. The van der Waals surface area contributed by atoms with E-state index in [1.807, 2.05) is 13.8 Å². The number of para-hydroxylation sites is 1. The number of nitrogens with one attached hydrogen (secondary N) is 3. The van der Waals surface area contributed by atoms with Gasteiger partial charge in [0.15, 0.2) is 6.61 Å². The third kappa shape index (κ3) is 7.16. The van der Waals surface area contributed by atoms with Gasteiger partial charge in [0.2, 0.25) is 0 Å². The van der Waals surface area contributed by atoms with Gasteiger partial charge in [-0.25, -0.2) is 18.0 Å². The first kappa shape index (κ1) is 23.4. The maximum atomic E-state index is 12.4. The number of hydrogen-bond donors (Lipinski definition) is 3. The Morgan fingerprint density at radius 1 is 1.10 bits per heavy atom. The monoisotopic (exact) mass is 453 g/mol. The maximum absolute atomic E-state index is 12.4. The Morgan fingerprint density at radius 2 is 1.83 bits per heavy atom. The molecule has 11 heteroatoms. The summed E-state index contributed by atoms with van der Waals surface area (Å²) in [5.41, 5.74) is -0.0467. The first-order valence-electron chi connectivity index (χ1n) is 9.09. The fourth-order valence-corrected chi connectivity index (χ4v) is 4.32. The number of urea groups is 1. The van der Waals surface area contributed by atoms with Gasteiger partial charge in [-0.05, 0) is 35.9 Å². The zero-order valence-corrected chi connectivity index (χ0v) is 18.1. The topological polar surface area (TPSA) is 131 Å². The highest BCUT2D eigenvalue weighted by Gasteiger charge is 2.21. The molecule has 1 aromatic carbocycles. The van der Waals surface area contributed by atoms with Crippen LogP contribution in [0.5, 0.6) is 0 Å². The third-order valence-corrected chi connectivity index (χ3v) is 6.51. The van der Waals surface area contributed by atoms with Gasteiger partial charge in [-0.15, -0.1) is 11.3 Å². The van der Waals surface area contributed by atoms with Crippen LogP contribution in [0.1, 0.15) is 30.6 Å². The predicted molar refractivity (Wildman–Crippen MR) is 113 cm³/mol. The molecule has 0 unspecified atom stereocenters. The molecule has 0 bridgehead atoms. The van der Waals surface area contributed by atoms with Crippen molar-refractivity contribution in [1.82, 2.24) is 10.6 Å². The van der Waals surface area contributed by atoms with Gasteiger partial charge in [-0.1, -0.05) is 32.0 Å². The van der Waals surface area contributed by atoms with Crippen LogP contribution < -0.4 is 15.4 Å². The van der Waals surface area contributed by atoms with E-state index in [-0.39, 0.29) is 15.5 Å². The molecular weight excluding hydrogens is 430 g/mol. The highest BCUT2D eigenvalue weighted by Crippen LogP contribution is 2.23. The standard InChI is InChI=1S/C19H23N3O6S2/c1-13(2)9-10-20-19(25)21-16(23)12-28-18(24)14-6-3-4-7-15(14)22-30(26,27)17-8-5-11-29-17/h3-8,11,13,22H,9-10,12H2,1-2H3,(H2,20,21,23,25). The lowest BCUT2D eigenvalue weighted by atomic mass is 10.1. The van der Waals surface area contributed by atoms with Crippen LogP contribution in [0.25, 0.3) is 0 Å². The SMILES string of the molecule is CC(C)CCNC(=O)NC(=O)COC(=O)c1ccccc1NS(=O)(=O)c1cccs1. The van der Waals surface area contributed by atoms with Gasteiger partial charge in [0.1, 0.15) is 4.21 Å². The van der Waals surface area contributed by atoms with Gasteiger partial charge < -0.3 is 10.1 Å². The molecule has 30 heavy (non-hydrogen) atoms. The van der Waals surface area contributed by atoms with Crippen molar-refractivity contribution in [2.75, 3.05) is 17.9 Å². The van der Waals surface area contributed by atoms with Gasteiger partial charge in [0.05, 0.1) is 11.3 Å². The number of esters is 1. The summed E-state index contributed by atoms with van der Waals surface area (Å²) in [6.45, 7) is 3.72. The number of imide groups is 1. The second-order valence-corrected chi connectivity index (χ2v) is 9.50. The number of rotatable bonds is 9. The molecule has 162 valence electrons. The second kappa shape index (κ2) is 10.7. The Balaban J connectivity index is 1.93. The zero-order chi connectivity index (χ0) is 22.1.